The van der Waals surface area contributed by atoms with Gasteiger partial charge in [-0.3, -0.25) is 14.4 Å². The third kappa shape index (κ3) is 4.97. The Hall–Kier alpha value is -5.16. The number of carbonyl (C=O) groups excluding carboxylic acids is 3. The molecule has 11 heteroatoms. The van der Waals surface area contributed by atoms with Gasteiger partial charge in [-0.2, -0.15) is 0 Å². The maximum absolute atomic E-state index is 14.5. The zero-order chi connectivity index (χ0) is 34.9. The molecule has 4 aromatic rings. The number of oxazole rings is 1. The van der Waals surface area contributed by atoms with Gasteiger partial charge in [0.15, 0.2) is 17.7 Å². The molecule has 8 rings (SSSR count). The zero-order valence-electron chi connectivity index (χ0n) is 28.4. The monoisotopic (exact) mass is 675 g/mol. The average molecular weight is 676 g/mol. The summed E-state index contributed by atoms with van der Waals surface area (Å²) in [4.78, 5) is 46.6. The molecule has 6 atom stereocenters. The molecule has 4 aliphatic rings. The van der Waals surface area contributed by atoms with Crippen LogP contribution < -0.4 is 26.0 Å². The molecule has 1 aliphatic carbocycles. The number of benzene rings is 3. The summed E-state index contributed by atoms with van der Waals surface area (Å²) in [6.45, 7) is 7.34. The van der Waals surface area contributed by atoms with Gasteiger partial charge in [-0.1, -0.05) is 82.3 Å². The highest BCUT2D eigenvalue weighted by molar-refractivity contribution is 5.95. The third-order valence-corrected chi connectivity index (χ3v) is 10.6. The van der Waals surface area contributed by atoms with Crippen molar-refractivity contribution in [3.63, 3.8) is 0 Å². The van der Waals surface area contributed by atoms with Crippen LogP contribution in [0.1, 0.15) is 96.2 Å². The summed E-state index contributed by atoms with van der Waals surface area (Å²) in [6, 6.07) is 19.7. The molecule has 1 aromatic heterocycles. The maximum Gasteiger partial charge on any atom is 0.274 e. The summed E-state index contributed by atoms with van der Waals surface area (Å²) in [5.41, 5.74) is 4.54. The first-order valence-electron chi connectivity index (χ1n) is 17.4. The second-order valence-electron chi connectivity index (χ2n) is 14.5. The Morgan fingerprint density at radius 2 is 1.74 bits per heavy atom. The highest BCUT2D eigenvalue weighted by Crippen LogP contribution is 2.58. The normalized spacial score (nSPS) is 24.9. The van der Waals surface area contributed by atoms with E-state index in [0.717, 1.165) is 40.8 Å². The van der Waals surface area contributed by atoms with E-state index in [1.165, 1.54) is 5.56 Å². The molecule has 0 radical (unpaired) electrons. The number of hydrogen-bond donors (Lipinski definition) is 5. The number of nitrogens with one attached hydrogen (secondary N) is 4. The first-order chi connectivity index (χ1) is 24.1. The molecule has 50 heavy (non-hydrogen) atoms. The van der Waals surface area contributed by atoms with Gasteiger partial charge in [0, 0.05) is 17.7 Å². The van der Waals surface area contributed by atoms with Crippen LogP contribution in [0.3, 0.4) is 0 Å². The van der Waals surface area contributed by atoms with Crippen molar-refractivity contribution in [2.24, 2.45) is 11.8 Å². The summed E-state index contributed by atoms with van der Waals surface area (Å²) >= 11 is 0. The number of aryl methyl sites for hydroxylation is 1. The predicted molar refractivity (Wildman–Crippen MR) is 184 cm³/mol. The SMILES string of the molecule is CC(C)[C@H](O)C(=O)N[C@H]1Cc2ccc3c(c2)C2(c4ccccc4N[C@H]2O3)c2oc(nc2C(=O)NC2CCc3ccccc32)[C@H](C(C)C)NC1=O. The average Bonchev–Trinajstić information content (AvgIpc) is 3.86. The summed E-state index contributed by atoms with van der Waals surface area (Å²) in [6.07, 6.45) is -0.167. The van der Waals surface area contributed by atoms with Gasteiger partial charge >= 0.3 is 0 Å². The molecule has 2 unspecified atom stereocenters. The Kier molecular flexibility index (Phi) is 7.70. The number of fused-ring (bicyclic) bond motifs is 5. The van der Waals surface area contributed by atoms with Gasteiger partial charge in [0.25, 0.3) is 5.91 Å². The fourth-order valence-corrected chi connectivity index (χ4v) is 7.95. The van der Waals surface area contributed by atoms with Crippen molar-refractivity contribution in [1.29, 1.82) is 0 Å². The van der Waals surface area contributed by atoms with Gasteiger partial charge in [0.05, 0.1) is 6.04 Å². The molecule has 0 saturated heterocycles. The van der Waals surface area contributed by atoms with Gasteiger partial charge in [-0.25, -0.2) is 4.98 Å². The van der Waals surface area contributed by atoms with Crippen molar-refractivity contribution in [2.75, 3.05) is 5.32 Å². The second kappa shape index (κ2) is 12.0. The van der Waals surface area contributed by atoms with Gasteiger partial charge in [-0.05, 0) is 59.1 Å². The molecule has 5 N–H and O–H groups in total. The first-order valence-corrected chi connectivity index (χ1v) is 17.4. The van der Waals surface area contributed by atoms with Crippen LogP contribution in [0.5, 0.6) is 5.75 Å². The minimum absolute atomic E-state index is 0.124. The van der Waals surface area contributed by atoms with E-state index >= 15 is 0 Å². The standard InChI is InChI=1S/C39H41N5O6/c1-19(2)30-37-44-31(35(47)40-26-15-14-22-9-5-6-10-23(22)26)33(50-37)39-24-11-7-8-12-27(24)42-38(39)49-29-16-13-21(17-25(29)39)18-28(34(46)43-30)41-36(48)32(45)20(3)4/h5-13,16-17,19-20,26,28,30,32,38,42,45H,14-15,18H2,1-4H3,(H,40,47)(H,41,48)(H,43,46)/t26?,28-,30-,32-,38-,39?/m0/s1. The Bertz CT molecular complexity index is 2020. The van der Waals surface area contributed by atoms with Crippen molar-refractivity contribution in [3.8, 4) is 5.75 Å². The Balaban J connectivity index is 1.31. The molecule has 11 nitrogen and oxygen atoms in total. The summed E-state index contributed by atoms with van der Waals surface area (Å²) in [7, 11) is 0. The number of hydrogen-bond acceptors (Lipinski definition) is 8. The van der Waals surface area contributed by atoms with Gasteiger partial charge < -0.3 is 35.5 Å². The lowest BCUT2D eigenvalue weighted by molar-refractivity contribution is -0.135. The molecule has 4 bridgehead atoms. The van der Waals surface area contributed by atoms with Gasteiger partial charge in [-0.15, -0.1) is 0 Å². The topological polar surface area (TPSA) is 155 Å². The highest BCUT2D eigenvalue weighted by Gasteiger charge is 2.61. The largest absolute Gasteiger partial charge is 0.469 e. The van der Waals surface area contributed by atoms with Crippen molar-refractivity contribution in [3.05, 3.63) is 112 Å². The predicted octanol–water partition coefficient (Wildman–Crippen LogP) is 4.44. The van der Waals surface area contributed by atoms with Crippen LogP contribution in [0.15, 0.2) is 71.1 Å². The molecule has 1 spiro atoms. The van der Waals surface area contributed by atoms with Crippen LogP contribution in [0.4, 0.5) is 5.69 Å². The van der Waals surface area contributed by atoms with E-state index in [2.05, 4.69) is 27.3 Å². The smallest absolute Gasteiger partial charge is 0.274 e. The molecule has 0 saturated carbocycles. The zero-order valence-corrected chi connectivity index (χ0v) is 28.4. The lowest BCUT2D eigenvalue weighted by Gasteiger charge is -2.29. The summed E-state index contributed by atoms with van der Waals surface area (Å²) < 4.78 is 13.4. The van der Waals surface area contributed by atoms with Gasteiger partial charge in [0.2, 0.25) is 17.7 Å². The van der Waals surface area contributed by atoms with Crippen LogP contribution >= 0.6 is 0 Å². The number of anilines is 1. The van der Waals surface area contributed by atoms with Crippen LogP contribution in [-0.2, 0) is 27.8 Å². The van der Waals surface area contributed by atoms with Crippen molar-refractivity contribution < 1.29 is 28.6 Å². The Morgan fingerprint density at radius 1 is 0.960 bits per heavy atom. The number of aromatic nitrogens is 1. The second-order valence-corrected chi connectivity index (χ2v) is 14.5. The first kappa shape index (κ1) is 32.1. The quantitative estimate of drug-likeness (QED) is 0.201. The number of aliphatic hydroxyl groups excluding tert-OH is 1. The Labute approximate surface area is 290 Å². The molecule has 3 aliphatic heterocycles. The molecular weight excluding hydrogens is 634 g/mol. The lowest BCUT2D eigenvalue weighted by atomic mass is 9.72. The highest BCUT2D eigenvalue weighted by atomic mass is 16.5. The molecule has 3 amide bonds. The minimum atomic E-state index is -1.29. The van der Waals surface area contributed by atoms with Crippen molar-refractivity contribution >= 4 is 23.4 Å². The van der Waals surface area contributed by atoms with E-state index in [4.69, 9.17) is 14.1 Å². The summed E-state index contributed by atoms with van der Waals surface area (Å²) in [5, 5.41) is 23.2. The molecular formula is C39H41N5O6. The van der Waals surface area contributed by atoms with Crippen LogP contribution in [0.25, 0.3) is 0 Å². The van der Waals surface area contributed by atoms with E-state index in [9.17, 15) is 19.5 Å². The minimum Gasteiger partial charge on any atom is -0.469 e. The fourth-order valence-electron chi connectivity index (χ4n) is 7.95. The van der Waals surface area contributed by atoms with E-state index < -0.39 is 41.6 Å². The third-order valence-electron chi connectivity index (χ3n) is 10.6. The number of aliphatic hydroxyl groups is 1. The van der Waals surface area contributed by atoms with Crippen molar-refractivity contribution in [2.45, 2.75) is 82.8 Å². The Morgan fingerprint density at radius 3 is 2.54 bits per heavy atom. The maximum atomic E-state index is 14.5. The number of para-hydroxylation sites is 1. The number of carbonyl (C=O) groups is 3. The number of rotatable bonds is 6. The van der Waals surface area contributed by atoms with Crippen LogP contribution in [0.2, 0.25) is 0 Å². The number of nitrogens with zero attached hydrogens (tertiary/aromatic N) is 1. The molecule has 258 valence electrons. The van der Waals surface area contributed by atoms with E-state index in [1.807, 2.05) is 74.5 Å². The fraction of sp³-hybridized carbons (Fsp3) is 0.385. The van der Waals surface area contributed by atoms with E-state index in [0.29, 0.717) is 11.5 Å². The number of amides is 3. The summed E-state index contributed by atoms with van der Waals surface area (Å²) in [5.74, 6) is -0.907. The lowest BCUT2D eigenvalue weighted by Crippen LogP contribution is -2.52. The molecule has 4 heterocycles. The molecule has 0 fully saturated rings. The van der Waals surface area contributed by atoms with E-state index in [-0.39, 0.29) is 41.8 Å². The van der Waals surface area contributed by atoms with E-state index in [1.54, 1.807) is 13.8 Å². The van der Waals surface area contributed by atoms with Crippen molar-refractivity contribution in [1.82, 2.24) is 20.9 Å². The molecule has 3 aromatic carbocycles. The van der Waals surface area contributed by atoms with Gasteiger partial charge in [0.1, 0.15) is 29.4 Å². The van der Waals surface area contributed by atoms with Crippen LogP contribution in [0, 0.1) is 11.8 Å². The van der Waals surface area contributed by atoms with Crippen LogP contribution in [-0.4, -0.2) is 46.2 Å². The number of ether oxygens (including phenoxy) is 1.